The van der Waals surface area contributed by atoms with E-state index in [1.165, 1.54) is 0 Å². The van der Waals surface area contributed by atoms with Gasteiger partial charge in [-0.25, -0.2) is 8.78 Å². The van der Waals surface area contributed by atoms with Crippen LogP contribution in [0.2, 0.25) is 0 Å². The van der Waals surface area contributed by atoms with Crippen molar-refractivity contribution in [3.05, 3.63) is 33.3 Å². The van der Waals surface area contributed by atoms with Gasteiger partial charge in [-0.05, 0) is 15.5 Å². The third kappa shape index (κ3) is 2.89. The van der Waals surface area contributed by atoms with Gasteiger partial charge < -0.3 is 15.2 Å². The highest BCUT2D eigenvalue weighted by Crippen LogP contribution is 2.31. The molecule has 92 valence electrons. The predicted octanol–water partition coefficient (Wildman–Crippen LogP) is 1.69. The highest BCUT2D eigenvalue weighted by atomic mass is 19.3. The normalized spacial score (nSPS) is 10.6. The van der Waals surface area contributed by atoms with Crippen LogP contribution in [0.5, 0.6) is 0 Å². The number of hydrogen-bond donors (Lipinski definition) is 1. The van der Waals surface area contributed by atoms with Gasteiger partial charge in [-0.3, -0.25) is 4.79 Å². The Labute approximate surface area is 91.9 Å². The lowest BCUT2D eigenvalue weighted by molar-refractivity contribution is -0.391. The molecule has 0 unspecified atom stereocenters. The van der Waals surface area contributed by atoms with E-state index in [1.54, 1.807) is 0 Å². The van der Waals surface area contributed by atoms with E-state index in [9.17, 15) is 28.1 Å². The number of rotatable bonds is 4. The molecule has 9 heteroatoms. The number of nitrogens with zero attached hydrogens (tertiary/aromatic N) is 2. The summed E-state index contributed by atoms with van der Waals surface area (Å²) >= 11 is 0. The van der Waals surface area contributed by atoms with Gasteiger partial charge in [0.25, 0.3) is 6.43 Å². The molecule has 0 saturated heterocycles. The zero-order valence-electron chi connectivity index (χ0n) is 8.06. The van der Waals surface area contributed by atoms with Crippen LogP contribution < -0.4 is 0 Å². The molecule has 0 aliphatic heterocycles. The van der Waals surface area contributed by atoms with Crippen molar-refractivity contribution in [2.24, 2.45) is 0 Å². The fraction of sp³-hybridized carbons (Fsp3) is 0.250. The molecule has 0 saturated carbocycles. The Morgan fingerprint density at radius 2 is 2.18 bits per heavy atom. The number of halogens is 3. The van der Waals surface area contributed by atoms with Crippen LogP contribution in [-0.2, 0) is 11.2 Å². The van der Waals surface area contributed by atoms with Gasteiger partial charge in [0.2, 0.25) is 0 Å². The highest BCUT2D eigenvalue weighted by Gasteiger charge is 2.29. The van der Waals surface area contributed by atoms with Gasteiger partial charge in [0.15, 0.2) is 0 Å². The van der Waals surface area contributed by atoms with E-state index in [0.717, 1.165) is 0 Å². The first-order chi connectivity index (χ1) is 7.82. The van der Waals surface area contributed by atoms with Gasteiger partial charge in [0.05, 0.1) is 6.42 Å². The molecule has 6 nitrogen and oxygen atoms in total. The Bertz CT molecular complexity index is 478. The summed E-state index contributed by atoms with van der Waals surface area (Å²) in [6.45, 7) is 0. The lowest BCUT2D eigenvalue weighted by Gasteiger charge is -2.06. The largest absolute Gasteiger partial charge is 0.481 e. The van der Waals surface area contributed by atoms with Gasteiger partial charge in [0.1, 0.15) is 5.56 Å². The molecule has 0 aliphatic rings. The maximum absolute atomic E-state index is 12.8. The molecule has 1 heterocycles. The number of aromatic nitrogens is 1. The summed E-state index contributed by atoms with van der Waals surface area (Å²) in [5.74, 6) is -4.25. The van der Waals surface area contributed by atoms with Crippen LogP contribution in [0, 0.1) is 16.1 Å². The minimum absolute atomic E-state index is 0.447. The molecule has 0 bridgehead atoms. The second-order valence-electron chi connectivity index (χ2n) is 2.97. The summed E-state index contributed by atoms with van der Waals surface area (Å²) in [6.07, 6.45) is -4.25. The molecule has 0 aliphatic carbocycles. The van der Waals surface area contributed by atoms with Crippen molar-refractivity contribution in [2.75, 3.05) is 0 Å². The van der Waals surface area contributed by atoms with Gasteiger partial charge in [-0.1, -0.05) is 0 Å². The standard InChI is InChI=1S/C8H5F3N2O4/c9-4-1-3(2-5(14)15)6(7(10)11)8(12-4)13(16)17/h1,7H,2H2,(H,14,15). The molecule has 1 rings (SSSR count). The number of carboxylic acid groups (broad SMARTS) is 1. The average molecular weight is 250 g/mol. The van der Waals surface area contributed by atoms with E-state index in [-0.39, 0.29) is 0 Å². The van der Waals surface area contributed by atoms with Crippen molar-refractivity contribution in [3.8, 4) is 0 Å². The Kier molecular flexibility index (Phi) is 3.61. The maximum Gasteiger partial charge on any atom is 0.376 e. The summed E-state index contributed by atoms with van der Waals surface area (Å²) < 4.78 is 38.0. The molecule has 0 spiro atoms. The van der Waals surface area contributed by atoms with Crippen molar-refractivity contribution >= 4 is 11.8 Å². The van der Waals surface area contributed by atoms with Crippen LogP contribution in [0.25, 0.3) is 0 Å². The quantitative estimate of drug-likeness (QED) is 0.498. The van der Waals surface area contributed by atoms with Crippen molar-refractivity contribution in [1.82, 2.24) is 4.98 Å². The first-order valence-electron chi connectivity index (χ1n) is 4.16. The van der Waals surface area contributed by atoms with Crippen molar-refractivity contribution < 1.29 is 28.0 Å². The van der Waals surface area contributed by atoms with E-state index in [0.29, 0.717) is 6.07 Å². The topological polar surface area (TPSA) is 93.3 Å². The van der Waals surface area contributed by atoms with Crippen LogP contribution in [0.1, 0.15) is 17.6 Å². The first kappa shape index (κ1) is 12.9. The Morgan fingerprint density at radius 3 is 2.59 bits per heavy atom. The predicted molar refractivity (Wildman–Crippen MR) is 47.1 cm³/mol. The second-order valence-corrected chi connectivity index (χ2v) is 2.97. The minimum atomic E-state index is -3.31. The first-order valence-corrected chi connectivity index (χ1v) is 4.16. The Balaban J connectivity index is 3.45. The summed E-state index contributed by atoms with van der Waals surface area (Å²) in [5, 5.41) is 18.8. The molecule has 0 aromatic carbocycles. The monoisotopic (exact) mass is 250 g/mol. The molecule has 1 aromatic rings. The number of carbonyl (C=O) groups is 1. The zero-order valence-corrected chi connectivity index (χ0v) is 8.06. The molecule has 0 atom stereocenters. The second kappa shape index (κ2) is 4.76. The van der Waals surface area contributed by atoms with Crippen molar-refractivity contribution in [1.29, 1.82) is 0 Å². The molecule has 1 N–H and O–H groups in total. The number of nitro groups is 1. The molecule has 0 fully saturated rings. The van der Waals surface area contributed by atoms with E-state index in [2.05, 4.69) is 4.98 Å². The molecule has 17 heavy (non-hydrogen) atoms. The van der Waals surface area contributed by atoms with E-state index < -0.39 is 46.6 Å². The SMILES string of the molecule is O=C(O)Cc1cc(F)nc([N+](=O)[O-])c1C(F)F. The van der Waals surface area contributed by atoms with Crippen molar-refractivity contribution in [3.63, 3.8) is 0 Å². The van der Waals surface area contributed by atoms with Crippen molar-refractivity contribution in [2.45, 2.75) is 12.8 Å². The van der Waals surface area contributed by atoms with E-state index in [1.807, 2.05) is 0 Å². The third-order valence-electron chi connectivity index (χ3n) is 1.83. The third-order valence-corrected chi connectivity index (χ3v) is 1.83. The van der Waals surface area contributed by atoms with Crippen LogP contribution in [0.3, 0.4) is 0 Å². The van der Waals surface area contributed by atoms with Gasteiger partial charge in [-0.15, -0.1) is 0 Å². The summed E-state index contributed by atoms with van der Waals surface area (Å²) in [5.41, 5.74) is -1.83. The van der Waals surface area contributed by atoms with Crippen LogP contribution >= 0.6 is 0 Å². The van der Waals surface area contributed by atoms with Crippen LogP contribution in [-0.4, -0.2) is 21.0 Å². The smallest absolute Gasteiger partial charge is 0.376 e. The summed E-state index contributed by atoms with van der Waals surface area (Å²) in [6, 6.07) is 0.447. The van der Waals surface area contributed by atoms with E-state index in [4.69, 9.17) is 5.11 Å². The van der Waals surface area contributed by atoms with Gasteiger partial charge >= 0.3 is 17.7 Å². The Hall–Kier alpha value is -2.19. The minimum Gasteiger partial charge on any atom is -0.481 e. The highest BCUT2D eigenvalue weighted by molar-refractivity contribution is 5.71. The summed E-state index contributed by atoms with van der Waals surface area (Å²) in [4.78, 5) is 22.2. The van der Waals surface area contributed by atoms with Crippen LogP contribution in [0.4, 0.5) is 19.0 Å². The fourth-order valence-corrected chi connectivity index (χ4v) is 1.24. The maximum atomic E-state index is 12.8. The van der Waals surface area contributed by atoms with Gasteiger partial charge in [-0.2, -0.15) is 4.39 Å². The molecular formula is C8H5F3N2O4. The summed E-state index contributed by atoms with van der Waals surface area (Å²) in [7, 11) is 0. The van der Waals surface area contributed by atoms with E-state index >= 15 is 0 Å². The molecule has 0 amide bonds. The molecular weight excluding hydrogens is 245 g/mol. The number of pyridine rings is 1. The molecule has 0 radical (unpaired) electrons. The zero-order chi connectivity index (χ0) is 13.2. The number of aliphatic carboxylic acids is 1. The number of alkyl halides is 2. The number of carboxylic acids is 1. The number of hydrogen-bond acceptors (Lipinski definition) is 4. The van der Waals surface area contributed by atoms with Gasteiger partial charge in [0, 0.05) is 6.07 Å². The Morgan fingerprint density at radius 1 is 1.59 bits per heavy atom. The average Bonchev–Trinajstić information content (AvgIpc) is 2.14. The lowest BCUT2D eigenvalue weighted by atomic mass is 10.1. The molecule has 1 aromatic heterocycles. The van der Waals surface area contributed by atoms with Crippen LogP contribution in [0.15, 0.2) is 6.07 Å². The fourth-order valence-electron chi connectivity index (χ4n) is 1.24. The lowest BCUT2D eigenvalue weighted by Crippen LogP contribution is -2.09.